The fraction of sp³-hybridized carbons (Fsp3) is 0.556. The third kappa shape index (κ3) is 2.32. The summed E-state index contributed by atoms with van der Waals surface area (Å²) in [5.74, 6) is 0.0695. The predicted molar refractivity (Wildman–Crippen MR) is 51.7 cm³/mol. The minimum absolute atomic E-state index is 0.0695. The maximum Gasteiger partial charge on any atom is 0.224 e. The van der Waals surface area contributed by atoms with E-state index in [-0.39, 0.29) is 5.91 Å². The van der Waals surface area contributed by atoms with Gasteiger partial charge in [0, 0.05) is 18.8 Å². The van der Waals surface area contributed by atoms with Crippen molar-refractivity contribution in [1.82, 2.24) is 20.8 Å². The summed E-state index contributed by atoms with van der Waals surface area (Å²) in [6, 6.07) is 0.300. The highest BCUT2D eigenvalue weighted by molar-refractivity contribution is 5.78. The molecular formula is C9H14N4O. The smallest absolute Gasteiger partial charge is 0.224 e. The molecule has 0 radical (unpaired) electrons. The van der Waals surface area contributed by atoms with E-state index in [0.29, 0.717) is 12.5 Å². The highest BCUT2D eigenvalue weighted by Gasteiger charge is 2.16. The number of hydrogen-bond donors (Lipinski definition) is 3. The molecule has 1 aromatic rings. The lowest BCUT2D eigenvalue weighted by Gasteiger charge is -2.10. The Morgan fingerprint density at radius 2 is 2.64 bits per heavy atom. The molecule has 1 amide bonds. The Kier molecular flexibility index (Phi) is 2.78. The molecule has 1 saturated heterocycles. The van der Waals surface area contributed by atoms with Gasteiger partial charge in [-0.2, -0.15) is 5.10 Å². The maximum absolute atomic E-state index is 11.5. The summed E-state index contributed by atoms with van der Waals surface area (Å²) in [4.78, 5) is 11.5. The predicted octanol–water partition coefficient (Wildman–Crippen LogP) is -0.570. The van der Waals surface area contributed by atoms with Gasteiger partial charge in [-0.25, -0.2) is 0 Å². The van der Waals surface area contributed by atoms with Crippen LogP contribution in [0, 0.1) is 0 Å². The highest BCUT2D eigenvalue weighted by atomic mass is 16.1. The fourth-order valence-corrected chi connectivity index (χ4v) is 1.62. The molecule has 0 saturated carbocycles. The molecule has 1 aliphatic heterocycles. The van der Waals surface area contributed by atoms with Gasteiger partial charge in [-0.1, -0.05) is 0 Å². The van der Waals surface area contributed by atoms with Crippen LogP contribution in [-0.2, 0) is 11.2 Å². The molecule has 76 valence electrons. The van der Waals surface area contributed by atoms with Gasteiger partial charge in [0.05, 0.1) is 12.6 Å². The van der Waals surface area contributed by atoms with Crippen molar-refractivity contribution in [2.75, 3.05) is 13.1 Å². The van der Waals surface area contributed by atoms with Crippen molar-refractivity contribution in [2.45, 2.75) is 18.9 Å². The largest absolute Gasteiger partial charge is 0.352 e. The first kappa shape index (κ1) is 9.21. The van der Waals surface area contributed by atoms with Crippen molar-refractivity contribution in [2.24, 2.45) is 0 Å². The zero-order valence-electron chi connectivity index (χ0n) is 7.92. The Hall–Kier alpha value is -1.36. The number of aromatic amines is 1. The molecule has 0 unspecified atom stereocenters. The van der Waals surface area contributed by atoms with Crippen molar-refractivity contribution < 1.29 is 4.79 Å². The van der Waals surface area contributed by atoms with Gasteiger partial charge in [0.15, 0.2) is 0 Å². The first-order chi connectivity index (χ1) is 6.84. The van der Waals surface area contributed by atoms with Crippen molar-refractivity contribution in [3.8, 4) is 0 Å². The van der Waals surface area contributed by atoms with Gasteiger partial charge in [0.2, 0.25) is 5.91 Å². The summed E-state index contributed by atoms with van der Waals surface area (Å²) in [5.41, 5.74) is 0.924. The van der Waals surface area contributed by atoms with Crippen LogP contribution in [0.3, 0.4) is 0 Å². The molecule has 1 aliphatic rings. The molecule has 1 aromatic heterocycles. The average Bonchev–Trinajstić information content (AvgIpc) is 2.76. The van der Waals surface area contributed by atoms with Crippen LogP contribution in [0.4, 0.5) is 0 Å². The molecule has 3 N–H and O–H groups in total. The highest BCUT2D eigenvalue weighted by Crippen LogP contribution is 1.99. The molecule has 5 nitrogen and oxygen atoms in total. The lowest BCUT2D eigenvalue weighted by molar-refractivity contribution is -0.121. The van der Waals surface area contributed by atoms with Gasteiger partial charge in [-0.05, 0) is 18.5 Å². The summed E-state index contributed by atoms with van der Waals surface area (Å²) < 4.78 is 0. The van der Waals surface area contributed by atoms with Gasteiger partial charge < -0.3 is 10.6 Å². The van der Waals surface area contributed by atoms with Crippen molar-refractivity contribution in [3.05, 3.63) is 18.0 Å². The third-order valence-electron chi connectivity index (χ3n) is 2.34. The molecule has 5 heteroatoms. The summed E-state index contributed by atoms with van der Waals surface area (Å²) in [6.07, 6.45) is 4.85. The summed E-state index contributed by atoms with van der Waals surface area (Å²) in [6.45, 7) is 1.88. The average molecular weight is 194 g/mol. The van der Waals surface area contributed by atoms with Crippen molar-refractivity contribution in [1.29, 1.82) is 0 Å². The molecule has 0 bridgehead atoms. The fourth-order valence-electron chi connectivity index (χ4n) is 1.62. The van der Waals surface area contributed by atoms with Crippen molar-refractivity contribution >= 4 is 5.91 Å². The Bertz CT molecular complexity index is 290. The number of carbonyl (C=O) groups excluding carboxylic acids is 1. The summed E-state index contributed by atoms with van der Waals surface area (Å²) >= 11 is 0. The van der Waals surface area contributed by atoms with E-state index in [2.05, 4.69) is 20.8 Å². The standard InChI is InChI=1S/C9H14N4O/c14-9(3-7-4-11-12-5-7)13-8-1-2-10-6-8/h4-5,8,10H,1-3,6H2,(H,11,12)(H,13,14)/t8-/m0/s1. The van der Waals surface area contributed by atoms with Crippen LogP contribution in [0.1, 0.15) is 12.0 Å². The second-order valence-electron chi connectivity index (χ2n) is 3.54. The molecule has 0 spiro atoms. The minimum Gasteiger partial charge on any atom is -0.352 e. The van der Waals surface area contributed by atoms with Crippen LogP contribution in [-0.4, -0.2) is 35.2 Å². The zero-order valence-corrected chi connectivity index (χ0v) is 7.92. The number of nitrogens with zero attached hydrogens (tertiary/aromatic N) is 1. The van der Waals surface area contributed by atoms with E-state index in [1.54, 1.807) is 12.4 Å². The number of rotatable bonds is 3. The minimum atomic E-state index is 0.0695. The van der Waals surface area contributed by atoms with Crippen LogP contribution >= 0.6 is 0 Å². The number of carbonyl (C=O) groups is 1. The monoisotopic (exact) mass is 194 g/mol. The Morgan fingerprint density at radius 1 is 1.71 bits per heavy atom. The van der Waals surface area contributed by atoms with Gasteiger partial charge in [0.25, 0.3) is 0 Å². The van der Waals surface area contributed by atoms with E-state index in [1.165, 1.54) is 0 Å². The second kappa shape index (κ2) is 4.23. The quantitative estimate of drug-likeness (QED) is 0.603. The van der Waals surface area contributed by atoms with Gasteiger partial charge in [-0.15, -0.1) is 0 Å². The number of hydrogen-bond acceptors (Lipinski definition) is 3. The van der Waals surface area contributed by atoms with Gasteiger partial charge in [-0.3, -0.25) is 9.89 Å². The van der Waals surface area contributed by atoms with E-state index < -0.39 is 0 Å². The first-order valence-electron chi connectivity index (χ1n) is 4.82. The molecule has 2 heterocycles. The van der Waals surface area contributed by atoms with Gasteiger partial charge in [0.1, 0.15) is 0 Å². The zero-order chi connectivity index (χ0) is 9.80. The Morgan fingerprint density at radius 3 is 3.29 bits per heavy atom. The van der Waals surface area contributed by atoms with Crippen LogP contribution in [0.25, 0.3) is 0 Å². The number of nitrogens with one attached hydrogen (secondary N) is 3. The molecule has 2 rings (SSSR count). The maximum atomic E-state index is 11.5. The van der Waals surface area contributed by atoms with E-state index in [9.17, 15) is 4.79 Å². The first-order valence-corrected chi connectivity index (χ1v) is 4.82. The van der Waals surface area contributed by atoms with Crippen LogP contribution in [0.5, 0.6) is 0 Å². The summed E-state index contributed by atoms with van der Waals surface area (Å²) in [7, 11) is 0. The molecule has 0 aliphatic carbocycles. The van der Waals surface area contributed by atoms with Crippen LogP contribution in [0.2, 0.25) is 0 Å². The van der Waals surface area contributed by atoms with E-state index >= 15 is 0 Å². The molecule has 0 aromatic carbocycles. The number of amides is 1. The van der Waals surface area contributed by atoms with Crippen molar-refractivity contribution in [3.63, 3.8) is 0 Å². The number of H-pyrrole nitrogens is 1. The SMILES string of the molecule is O=C(Cc1cn[nH]c1)N[C@H]1CCNC1. The van der Waals surface area contributed by atoms with Crippen LogP contribution < -0.4 is 10.6 Å². The molecule has 1 fully saturated rings. The Labute approximate surface area is 82.3 Å². The van der Waals surface area contributed by atoms with Crippen LogP contribution in [0.15, 0.2) is 12.4 Å². The second-order valence-corrected chi connectivity index (χ2v) is 3.54. The van der Waals surface area contributed by atoms with Gasteiger partial charge >= 0.3 is 0 Å². The van der Waals surface area contributed by atoms with E-state index in [1.807, 2.05) is 0 Å². The van der Waals surface area contributed by atoms with E-state index in [0.717, 1.165) is 25.1 Å². The molecule has 14 heavy (non-hydrogen) atoms. The normalized spacial score (nSPS) is 21.0. The topological polar surface area (TPSA) is 69.8 Å². The third-order valence-corrected chi connectivity index (χ3v) is 2.34. The molecule has 1 atom stereocenters. The Balaban J connectivity index is 1.78. The molecular weight excluding hydrogens is 180 g/mol. The summed E-state index contributed by atoms with van der Waals surface area (Å²) in [5, 5.41) is 12.7. The van der Waals surface area contributed by atoms with E-state index in [4.69, 9.17) is 0 Å². The lowest BCUT2D eigenvalue weighted by atomic mass is 10.2. The lowest BCUT2D eigenvalue weighted by Crippen LogP contribution is -2.37. The number of aromatic nitrogens is 2.